The summed E-state index contributed by atoms with van der Waals surface area (Å²) in [5, 5.41) is 22.0. The molecule has 1 aliphatic rings. The van der Waals surface area contributed by atoms with Crippen LogP contribution in [0, 0.1) is 0 Å². The van der Waals surface area contributed by atoms with Gasteiger partial charge in [-0.2, -0.15) is 0 Å². The molecular weight excluding hydrogens is 602 g/mol. The van der Waals surface area contributed by atoms with E-state index in [1.807, 2.05) is 78.9 Å². The van der Waals surface area contributed by atoms with Gasteiger partial charge in [0, 0.05) is 43.3 Å². The molecule has 10 heteroatoms. The smallest absolute Gasteiger partial charge is 0.243 e. The third-order valence-electron chi connectivity index (χ3n) is 7.76. The number of thioether (sulfide) groups is 1. The highest BCUT2D eigenvalue weighted by molar-refractivity contribution is 7.99. The highest BCUT2D eigenvalue weighted by Crippen LogP contribution is 2.40. The second-order valence-corrected chi connectivity index (χ2v) is 12.2. The fourth-order valence-corrected chi connectivity index (χ4v) is 6.16. The number of unbranched alkanes of at least 4 members (excludes halogenated alkanes) is 1. The highest BCUT2D eigenvalue weighted by atomic mass is 32.2. The number of amides is 2. The normalized spacial score (nSPS) is 17.7. The zero-order chi connectivity index (χ0) is 32.1. The van der Waals surface area contributed by atoms with E-state index in [9.17, 15) is 14.7 Å². The second kappa shape index (κ2) is 17.0. The zero-order valence-corrected chi connectivity index (χ0v) is 26.3. The lowest BCUT2D eigenvalue weighted by Gasteiger charge is -2.36. The minimum absolute atomic E-state index is 0.00532. The van der Waals surface area contributed by atoms with Crippen molar-refractivity contribution in [1.82, 2.24) is 15.8 Å². The number of hydrogen-bond donors (Lipinski definition) is 4. The molecule has 0 aliphatic carbocycles. The van der Waals surface area contributed by atoms with Crippen molar-refractivity contribution in [1.29, 1.82) is 0 Å². The van der Waals surface area contributed by atoms with E-state index in [-0.39, 0.29) is 31.1 Å². The Morgan fingerprint density at radius 1 is 0.826 bits per heavy atom. The number of rotatable bonds is 14. The van der Waals surface area contributed by atoms with Crippen LogP contribution in [0.4, 0.5) is 0 Å². The van der Waals surface area contributed by atoms with E-state index < -0.39 is 12.2 Å². The van der Waals surface area contributed by atoms with Crippen LogP contribution in [-0.4, -0.2) is 39.0 Å². The number of nitrogens with one attached hydrogen (secondary N) is 2. The molecule has 240 valence electrons. The summed E-state index contributed by atoms with van der Waals surface area (Å²) in [6.07, 6.45) is 3.26. The van der Waals surface area contributed by atoms with Crippen LogP contribution in [0.2, 0.25) is 0 Å². The van der Waals surface area contributed by atoms with Gasteiger partial charge in [-0.05, 0) is 64.9 Å². The van der Waals surface area contributed by atoms with E-state index in [0.717, 1.165) is 44.2 Å². The monoisotopic (exact) mass is 641 g/mol. The van der Waals surface area contributed by atoms with E-state index in [0.29, 0.717) is 32.2 Å². The molecule has 9 nitrogen and oxygen atoms in total. The summed E-state index contributed by atoms with van der Waals surface area (Å²) in [5.74, 6) is 0.198. The van der Waals surface area contributed by atoms with Crippen molar-refractivity contribution in [2.24, 2.45) is 0 Å². The lowest BCUT2D eigenvalue weighted by molar-refractivity contribution is -0.245. The Kier molecular flexibility index (Phi) is 12.3. The second-order valence-electron chi connectivity index (χ2n) is 11.2. The molecule has 4 aromatic rings. The molecule has 0 unspecified atom stereocenters. The maximum Gasteiger partial charge on any atom is 0.243 e. The molecule has 1 aliphatic heterocycles. The third-order valence-corrected chi connectivity index (χ3v) is 8.84. The number of aromatic nitrogens is 1. The molecule has 3 atom stereocenters. The molecule has 0 radical (unpaired) electrons. The molecule has 2 amide bonds. The van der Waals surface area contributed by atoms with Crippen molar-refractivity contribution in [2.75, 3.05) is 5.75 Å². The van der Waals surface area contributed by atoms with Gasteiger partial charge in [0.25, 0.3) is 0 Å². The Hall–Kier alpha value is -4.06. The number of benzene rings is 3. The number of carbonyl (C=O) groups is 2. The van der Waals surface area contributed by atoms with Gasteiger partial charge < -0.3 is 19.9 Å². The lowest BCUT2D eigenvalue weighted by Crippen LogP contribution is -2.31. The van der Waals surface area contributed by atoms with Crippen LogP contribution in [0.3, 0.4) is 0 Å². The summed E-state index contributed by atoms with van der Waals surface area (Å²) in [4.78, 5) is 27.9. The fraction of sp³-hybridized carbons (Fsp3) is 0.306. The number of hydrogen-bond acceptors (Lipinski definition) is 8. The molecule has 1 aromatic heterocycles. The van der Waals surface area contributed by atoms with Crippen LogP contribution in [-0.2, 0) is 32.2 Å². The summed E-state index contributed by atoms with van der Waals surface area (Å²) < 4.78 is 13.1. The topological polar surface area (TPSA) is 130 Å². The first kappa shape index (κ1) is 33.3. The highest BCUT2D eigenvalue weighted by Gasteiger charge is 2.32. The predicted molar refractivity (Wildman–Crippen MR) is 176 cm³/mol. The average molecular weight is 642 g/mol. The van der Waals surface area contributed by atoms with Crippen LogP contribution in [0.25, 0.3) is 11.1 Å². The van der Waals surface area contributed by atoms with Crippen LogP contribution >= 0.6 is 11.8 Å². The first-order chi connectivity index (χ1) is 22.5. The molecule has 1 fully saturated rings. The lowest BCUT2D eigenvalue weighted by atomic mass is 9.99. The van der Waals surface area contributed by atoms with E-state index in [1.54, 1.807) is 23.4 Å². The number of aliphatic hydroxyl groups excluding tert-OH is 1. The molecule has 0 saturated carbocycles. The number of pyridine rings is 1. The Bertz CT molecular complexity index is 1570. The maximum atomic E-state index is 12.3. The van der Waals surface area contributed by atoms with E-state index >= 15 is 0 Å². The van der Waals surface area contributed by atoms with Crippen molar-refractivity contribution in [2.45, 2.75) is 68.8 Å². The van der Waals surface area contributed by atoms with Crippen LogP contribution in [0.1, 0.15) is 66.8 Å². The van der Waals surface area contributed by atoms with Gasteiger partial charge >= 0.3 is 0 Å². The van der Waals surface area contributed by atoms with Crippen LogP contribution in [0.5, 0.6) is 0 Å². The van der Waals surface area contributed by atoms with Crippen molar-refractivity contribution < 1.29 is 29.4 Å². The molecule has 46 heavy (non-hydrogen) atoms. The van der Waals surface area contributed by atoms with Gasteiger partial charge in [-0.25, -0.2) is 10.5 Å². The summed E-state index contributed by atoms with van der Waals surface area (Å²) in [6, 6.07) is 30.0. The van der Waals surface area contributed by atoms with Crippen molar-refractivity contribution in [3.05, 3.63) is 119 Å². The van der Waals surface area contributed by atoms with Crippen molar-refractivity contribution >= 4 is 23.6 Å². The first-order valence-corrected chi connectivity index (χ1v) is 16.4. The SMILES string of the molecule is O=C(CCCCC(=O)NCc1cccc(-c2cccc([C@H]3O[C@@H](CSc4ccccn4)C[C@@H](c4ccc(CO)cc4)O3)c2)c1)NO. The Morgan fingerprint density at radius 2 is 1.59 bits per heavy atom. The standard InChI is InChI=1S/C36H39N3O6S/c40-23-25-14-16-27(17-15-25)32-21-31(24-46-35-13-3-4-18-37-35)44-36(45-32)30-10-6-9-29(20-30)28-8-5-7-26(19-28)22-38-33(41)11-1-2-12-34(42)39-43/h3-10,13-20,31-32,36,40,43H,1-2,11-12,21-24H2,(H,38,41)(H,39,42)/t31-,32+,36+/m1/s1. The van der Waals surface area contributed by atoms with Gasteiger partial charge in [-0.1, -0.05) is 66.7 Å². The number of nitrogens with zero attached hydrogens (tertiary/aromatic N) is 1. The minimum Gasteiger partial charge on any atom is -0.392 e. The first-order valence-electron chi connectivity index (χ1n) is 15.4. The Labute approximate surface area is 273 Å². The Morgan fingerprint density at radius 3 is 2.33 bits per heavy atom. The number of hydroxylamine groups is 1. The minimum atomic E-state index is -0.573. The van der Waals surface area contributed by atoms with Gasteiger partial charge in [0.1, 0.15) is 0 Å². The summed E-state index contributed by atoms with van der Waals surface area (Å²) >= 11 is 1.66. The largest absolute Gasteiger partial charge is 0.392 e. The summed E-state index contributed by atoms with van der Waals surface area (Å²) in [6.45, 7) is 0.388. The van der Waals surface area contributed by atoms with Crippen LogP contribution in [0.15, 0.2) is 102 Å². The average Bonchev–Trinajstić information content (AvgIpc) is 3.12. The molecule has 2 heterocycles. The molecule has 3 aromatic carbocycles. The number of ether oxygens (including phenoxy) is 2. The third kappa shape index (κ3) is 9.72. The zero-order valence-electron chi connectivity index (χ0n) is 25.5. The quantitative estimate of drug-likeness (QED) is 0.0550. The summed E-state index contributed by atoms with van der Waals surface area (Å²) in [7, 11) is 0. The van der Waals surface area contributed by atoms with Gasteiger partial charge in [0.15, 0.2) is 6.29 Å². The maximum absolute atomic E-state index is 12.3. The molecule has 0 spiro atoms. The van der Waals surface area contributed by atoms with E-state index in [2.05, 4.69) is 22.4 Å². The van der Waals surface area contributed by atoms with E-state index in [1.165, 1.54) is 0 Å². The van der Waals surface area contributed by atoms with E-state index in [4.69, 9.17) is 14.7 Å². The van der Waals surface area contributed by atoms with Crippen LogP contribution < -0.4 is 10.8 Å². The molecule has 4 N–H and O–H groups in total. The Balaban J connectivity index is 1.26. The van der Waals surface area contributed by atoms with Gasteiger partial charge in [0.2, 0.25) is 11.8 Å². The number of aliphatic hydroxyl groups is 1. The molecule has 1 saturated heterocycles. The van der Waals surface area contributed by atoms with Crippen molar-refractivity contribution in [3.8, 4) is 11.1 Å². The fourth-order valence-electron chi connectivity index (χ4n) is 5.28. The van der Waals surface area contributed by atoms with Gasteiger partial charge in [-0.3, -0.25) is 14.8 Å². The molecule has 5 rings (SSSR count). The molecule has 0 bridgehead atoms. The summed E-state index contributed by atoms with van der Waals surface area (Å²) in [5.41, 5.74) is 7.40. The van der Waals surface area contributed by atoms with Gasteiger partial charge in [0.05, 0.1) is 23.8 Å². The van der Waals surface area contributed by atoms with Gasteiger partial charge in [-0.15, -0.1) is 11.8 Å². The van der Waals surface area contributed by atoms with Crippen molar-refractivity contribution in [3.63, 3.8) is 0 Å². The predicted octanol–water partition coefficient (Wildman–Crippen LogP) is 6.26. The molecular formula is C36H39N3O6S. The number of carbonyl (C=O) groups excluding carboxylic acids is 2.